The number of benzene rings is 1. The zero-order valence-corrected chi connectivity index (χ0v) is 12.6. The van der Waals surface area contributed by atoms with E-state index in [-0.39, 0.29) is 31.8 Å². The molecule has 1 unspecified atom stereocenters. The summed E-state index contributed by atoms with van der Waals surface area (Å²) in [4.78, 5) is 23.4. The minimum Gasteiger partial charge on any atom is -0.484 e. The largest absolute Gasteiger partial charge is 0.484 e. The quantitative estimate of drug-likeness (QED) is 0.815. The molecular formula is C15H16F3NO5. The van der Waals surface area contributed by atoms with E-state index in [1.54, 1.807) is 6.07 Å². The second kappa shape index (κ2) is 7.08. The standard InChI is InChI=1S/C15H16F3NO5/c16-15(17,18)9-24-11-3-1-2-10(6-11)7-12(20)19-14(13(21)22)4-5-23-8-14/h1-3,6H,4-5,7-9H2,(H,19,20)(H,21,22). The highest BCUT2D eigenvalue weighted by molar-refractivity contribution is 5.88. The molecule has 6 nitrogen and oxygen atoms in total. The molecule has 24 heavy (non-hydrogen) atoms. The van der Waals surface area contributed by atoms with E-state index in [9.17, 15) is 27.9 Å². The van der Waals surface area contributed by atoms with Gasteiger partial charge in [-0.1, -0.05) is 12.1 Å². The third-order valence-electron chi connectivity index (χ3n) is 3.48. The number of carboxylic acid groups (broad SMARTS) is 1. The van der Waals surface area contributed by atoms with Crippen molar-refractivity contribution in [3.8, 4) is 5.75 Å². The van der Waals surface area contributed by atoms with Gasteiger partial charge in [-0.05, 0) is 17.7 Å². The van der Waals surface area contributed by atoms with Gasteiger partial charge in [0.2, 0.25) is 5.91 Å². The number of alkyl halides is 3. The van der Waals surface area contributed by atoms with Gasteiger partial charge >= 0.3 is 12.1 Å². The molecule has 0 spiro atoms. The summed E-state index contributed by atoms with van der Waals surface area (Å²) in [5.74, 6) is -1.76. The Labute approximate surface area is 135 Å². The number of halogens is 3. The summed E-state index contributed by atoms with van der Waals surface area (Å²) in [6.07, 6.45) is -4.48. The van der Waals surface area contributed by atoms with Crippen LogP contribution in [0.5, 0.6) is 5.75 Å². The number of ether oxygens (including phenoxy) is 2. The maximum absolute atomic E-state index is 12.1. The zero-order chi connectivity index (χ0) is 17.8. The first-order valence-electron chi connectivity index (χ1n) is 7.11. The summed E-state index contributed by atoms with van der Waals surface area (Å²) in [5, 5.41) is 11.7. The van der Waals surface area contributed by atoms with Crippen LogP contribution >= 0.6 is 0 Å². The molecule has 0 bridgehead atoms. The third kappa shape index (κ3) is 4.85. The number of amides is 1. The molecule has 1 heterocycles. The predicted molar refractivity (Wildman–Crippen MR) is 75.6 cm³/mol. The zero-order valence-electron chi connectivity index (χ0n) is 12.6. The van der Waals surface area contributed by atoms with Crippen molar-refractivity contribution in [2.24, 2.45) is 0 Å². The molecule has 1 amide bonds. The number of hydrogen-bond donors (Lipinski definition) is 2. The van der Waals surface area contributed by atoms with Gasteiger partial charge < -0.3 is 19.9 Å². The maximum Gasteiger partial charge on any atom is 0.422 e. The first-order valence-corrected chi connectivity index (χ1v) is 7.11. The van der Waals surface area contributed by atoms with Crippen molar-refractivity contribution in [3.63, 3.8) is 0 Å². The van der Waals surface area contributed by atoms with Crippen LogP contribution in [0.3, 0.4) is 0 Å². The van der Waals surface area contributed by atoms with Crippen molar-refractivity contribution in [2.45, 2.75) is 24.6 Å². The van der Waals surface area contributed by atoms with E-state index in [1.807, 2.05) is 0 Å². The Balaban J connectivity index is 1.97. The molecule has 132 valence electrons. The Bertz CT molecular complexity index is 611. The van der Waals surface area contributed by atoms with E-state index in [2.05, 4.69) is 10.1 Å². The second-order valence-corrected chi connectivity index (χ2v) is 5.47. The minimum absolute atomic E-state index is 0.0187. The Hall–Kier alpha value is -2.29. The molecule has 0 aromatic heterocycles. The van der Waals surface area contributed by atoms with Crippen molar-refractivity contribution in [3.05, 3.63) is 29.8 Å². The normalized spacial score (nSPS) is 20.6. The van der Waals surface area contributed by atoms with Gasteiger partial charge in [0.25, 0.3) is 0 Å². The van der Waals surface area contributed by atoms with Crippen molar-refractivity contribution in [1.82, 2.24) is 5.32 Å². The summed E-state index contributed by atoms with van der Waals surface area (Å²) >= 11 is 0. The fraction of sp³-hybridized carbons (Fsp3) is 0.467. The number of aliphatic carboxylic acids is 1. The van der Waals surface area contributed by atoms with Gasteiger partial charge in [-0.15, -0.1) is 0 Å². The summed E-state index contributed by atoms with van der Waals surface area (Å²) in [6, 6.07) is 5.65. The Kier molecular flexibility index (Phi) is 5.33. The molecule has 1 atom stereocenters. The van der Waals surface area contributed by atoms with Crippen molar-refractivity contribution < 1.29 is 37.3 Å². The van der Waals surface area contributed by atoms with Crippen molar-refractivity contribution in [1.29, 1.82) is 0 Å². The monoisotopic (exact) mass is 347 g/mol. The number of carbonyl (C=O) groups is 2. The molecule has 0 radical (unpaired) electrons. The first kappa shape index (κ1) is 18.1. The van der Waals surface area contributed by atoms with Crippen LogP contribution in [-0.2, 0) is 20.7 Å². The molecule has 1 saturated heterocycles. The number of nitrogens with one attached hydrogen (secondary N) is 1. The van der Waals surface area contributed by atoms with E-state index in [0.717, 1.165) is 0 Å². The van der Waals surface area contributed by atoms with Gasteiger partial charge in [-0.2, -0.15) is 13.2 Å². The van der Waals surface area contributed by atoms with Crippen LogP contribution in [0.15, 0.2) is 24.3 Å². The highest BCUT2D eigenvalue weighted by Gasteiger charge is 2.43. The van der Waals surface area contributed by atoms with Gasteiger partial charge in [-0.3, -0.25) is 4.79 Å². The average molecular weight is 347 g/mol. The topological polar surface area (TPSA) is 84.9 Å². The predicted octanol–water partition coefficient (Wildman–Crippen LogP) is 1.53. The van der Waals surface area contributed by atoms with Crippen LogP contribution in [0.1, 0.15) is 12.0 Å². The highest BCUT2D eigenvalue weighted by Crippen LogP contribution is 2.21. The Morgan fingerprint density at radius 3 is 2.71 bits per heavy atom. The van der Waals surface area contributed by atoms with E-state index in [0.29, 0.717) is 5.56 Å². The number of hydrogen-bond acceptors (Lipinski definition) is 4. The van der Waals surface area contributed by atoms with Gasteiger partial charge in [0, 0.05) is 13.0 Å². The Morgan fingerprint density at radius 2 is 2.12 bits per heavy atom. The van der Waals surface area contributed by atoms with Crippen LogP contribution in [0.4, 0.5) is 13.2 Å². The lowest BCUT2D eigenvalue weighted by atomic mass is 9.98. The van der Waals surface area contributed by atoms with Crippen molar-refractivity contribution >= 4 is 11.9 Å². The Morgan fingerprint density at radius 1 is 1.38 bits per heavy atom. The summed E-state index contributed by atoms with van der Waals surface area (Å²) in [7, 11) is 0. The van der Waals surface area contributed by atoms with E-state index in [4.69, 9.17) is 4.74 Å². The second-order valence-electron chi connectivity index (χ2n) is 5.47. The van der Waals surface area contributed by atoms with Crippen LogP contribution in [-0.4, -0.2) is 48.5 Å². The lowest BCUT2D eigenvalue weighted by Crippen LogP contribution is -2.55. The SMILES string of the molecule is O=C(Cc1cccc(OCC(F)(F)F)c1)NC1(C(=O)O)CCOC1. The maximum atomic E-state index is 12.1. The van der Waals surface area contributed by atoms with Crippen LogP contribution in [0.25, 0.3) is 0 Å². The highest BCUT2D eigenvalue weighted by atomic mass is 19.4. The molecule has 1 aromatic carbocycles. The molecule has 1 aliphatic heterocycles. The fourth-order valence-electron chi connectivity index (χ4n) is 2.29. The molecule has 1 fully saturated rings. The number of carboxylic acids is 1. The van der Waals surface area contributed by atoms with Gasteiger partial charge in [0.05, 0.1) is 13.0 Å². The van der Waals surface area contributed by atoms with E-state index < -0.39 is 30.2 Å². The molecule has 2 N–H and O–H groups in total. The number of carbonyl (C=O) groups excluding carboxylic acids is 1. The van der Waals surface area contributed by atoms with Crippen LogP contribution in [0, 0.1) is 0 Å². The smallest absolute Gasteiger partial charge is 0.422 e. The van der Waals surface area contributed by atoms with E-state index >= 15 is 0 Å². The fourth-order valence-corrected chi connectivity index (χ4v) is 2.29. The molecule has 1 aliphatic rings. The minimum atomic E-state index is -4.45. The summed E-state index contributed by atoms with van der Waals surface area (Å²) in [5.41, 5.74) is -1.05. The molecule has 0 saturated carbocycles. The van der Waals surface area contributed by atoms with E-state index in [1.165, 1.54) is 18.2 Å². The average Bonchev–Trinajstić information content (AvgIpc) is 2.94. The molecular weight excluding hydrogens is 331 g/mol. The first-order chi connectivity index (χ1) is 11.2. The third-order valence-corrected chi connectivity index (χ3v) is 3.48. The molecule has 9 heteroatoms. The molecule has 2 rings (SSSR count). The van der Waals surface area contributed by atoms with Gasteiger partial charge in [-0.25, -0.2) is 4.79 Å². The summed E-state index contributed by atoms with van der Waals surface area (Å²) < 4.78 is 46.1. The van der Waals surface area contributed by atoms with Gasteiger partial charge in [0.15, 0.2) is 12.1 Å². The number of rotatable bonds is 6. The summed E-state index contributed by atoms with van der Waals surface area (Å²) in [6.45, 7) is -1.32. The molecule has 1 aromatic rings. The molecule has 0 aliphatic carbocycles. The van der Waals surface area contributed by atoms with Gasteiger partial charge in [0.1, 0.15) is 5.75 Å². The van der Waals surface area contributed by atoms with Crippen molar-refractivity contribution in [2.75, 3.05) is 19.8 Å². The lowest BCUT2D eigenvalue weighted by Gasteiger charge is -2.23. The van der Waals surface area contributed by atoms with Crippen LogP contribution < -0.4 is 10.1 Å². The lowest BCUT2D eigenvalue weighted by molar-refractivity contribution is -0.153. The van der Waals surface area contributed by atoms with Crippen LogP contribution in [0.2, 0.25) is 0 Å².